The van der Waals surface area contributed by atoms with Gasteiger partial charge in [-0.2, -0.15) is 0 Å². The molecule has 0 radical (unpaired) electrons. The van der Waals surface area contributed by atoms with Gasteiger partial charge in [-0.15, -0.1) is 0 Å². The summed E-state index contributed by atoms with van der Waals surface area (Å²) in [5.74, 6) is -1.01. The van der Waals surface area contributed by atoms with Gasteiger partial charge in [0.25, 0.3) is 0 Å². The van der Waals surface area contributed by atoms with Crippen molar-refractivity contribution in [3.05, 3.63) is 64.7 Å². The number of rotatable bonds is 4. The molecule has 2 aromatic carbocycles. The molecular weight excluding hydrogens is 260 g/mol. The minimum Gasteiger partial charge on any atom is -0.496 e. The maximum atomic E-state index is 13.2. The van der Waals surface area contributed by atoms with Gasteiger partial charge in [0.1, 0.15) is 5.75 Å². The Balaban J connectivity index is 2.25. The van der Waals surface area contributed by atoms with Crippen LogP contribution < -0.4 is 10.5 Å². The third-order valence-corrected chi connectivity index (χ3v) is 3.22. The SMILES string of the molecule is COc1ccc(C)cc1C(N)Cc1ccc(F)c(F)c1. The van der Waals surface area contributed by atoms with Crippen molar-refractivity contribution in [1.82, 2.24) is 0 Å². The van der Waals surface area contributed by atoms with Crippen LogP contribution in [0.2, 0.25) is 0 Å². The summed E-state index contributed by atoms with van der Waals surface area (Å²) in [6.45, 7) is 1.97. The van der Waals surface area contributed by atoms with Crippen molar-refractivity contribution in [2.24, 2.45) is 5.73 Å². The molecule has 0 saturated carbocycles. The summed E-state index contributed by atoms with van der Waals surface area (Å²) < 4.78 is 31.4. The summed E-state index contributed by atoms with van der Waals surface area (Å²) >= 11 is 0. The Morgan fingerprint density at radius 1 is 1.10 bits per heavy atom. The van der Waals surface area contributed by atoms with Crippen LogP contribution in [0.25, 0.3) is 0 Å². The van der Waals surface area contributed by atoms with Gasteiger partial charge in [0.2, 0.25) is 0 Å². The van der Waals surface area contributed by atoms with Gasteiger partial charge in [0.15, 0.2) is 11.6 Å². The number of aryl methyl sites for hydroxylation is 1. The average Bonchev–Trinajstić information content (AvgIpc) is 2.43. The second-order valence-electron chi connectivity index (χ2n) is 4.80. The monoisotopic (exact) mass is 277 g/mol. The number of nitrogens with two attached hydrogens (primary N) is 1. The Labute approximate surface area is 117 Å². The van der Waals surface area contributed by atoms with E-state index in [2.05, 4.69) is 0 Å². The van der Waals surface area contributed by atoms with Crippen molar-refractivity contribution >= 4 is 0 Å². The van der Waals surface area contributed by atoms with Gasteiger partial charge >= 0.3 is 0 Å². The van der Waals surface area contributed by atoms with E-state index in [9.17, 15) is 8.78 Å². The first kappa shape index (κ1) is 14.5. The number of hydrogen-bond donors (Lipinski definition) is 1. The fourth-order valence-electron chi connectivity index (χ4n) is 2.17. The Morgan fingerprint density at radius 2 is 1.85 bits per heavy atom. The zero-order valence-corrected chi connectivity index (χ0v) is 11.5. The van der Waals surface area contributed by atoms with Crippen molar-refractivity contribution in [1.29, 1.82) is 0 Å². The van der Waals surface area contributed by atoms with Crippen LogP contribution in [0, 0.1) is 18.6 Å². The summed E-state index contributed by atoms with van der Waals surface area (Å²) in [6.07, 6.45) is 0.414. The highest BCUT2D eigenvalue weighted by Crippen LogP contribution is 2.27. The molecule has 2 rings (SSSR count). The molecule has 2 aromatic rings. The van der Waals surface area contributed by atoms with Crippen LogP contribution >= 0.6 is 0 Å². The average molecular weight is 277 g/mol. The minimum absolute atomic E-state index is 0.338. The maximum Gasteiger partial charge on any atom is 0.159 e. The molecule has 1 unspecified atom stereocenters. The van der Waals surface area contributed by atoms with E-state index in [1.54, 1.807) is 13.2 Å². The van der Waals surface area contributed by atoms with Crippen LogP contribution in [0.3, 0.4) is 0 Å². The molecule has 20 heavy (non-hydrogen) atoms. The number of methoxy groups -OCH3 is 1. The lowest BCUT2D eigenvalue weighted by atomic mass is 9.97. The molecule has 0 spiro atoms. The lowest BCUT2D eigenvalue weighted by molar-refractivity contribution is 0.405. The van der Waals surface area contributed by atoms with Crippen molar-refractivity contribution in [3.63, 3.8) is 0 Å². The maximum absolute atomic E-state index is 13.2. The summed E-state index contributed by atoms with van der Waals surface area (Å²) in [4.78, 5) is 0. The van der Waals surface area contributed by atoms with Crippen LogP contribution in [0.4, 0.5) is 8.78 Å². The molecule has 4 heteroatoms. The van der Waals surface area contributed by atoms with Crippen LogP contribution in [0.1, 0.15) is 22.7 Å². The largest absolute Gasteiger partial charge is 0.496 e. The van der Waals surface area contributed by atoms with Gasteiger partial charge in [-0.1, -0.05) is 23.8 Å². The second-order valence-corrected chi connectivity index (χ2v) is 4.80. The molecule has 2 N–H and O–H groups in total. The molecule has 0 aliphatic heterocycles. The molecule has 1 atom stereocenters. The van der Waals surface area contributed by atoms with E-state index in [1.807, 2.05) is 25.1 Å². The van der Waals surface area contributed by atoms with Crippen LogP contribution in [-0.4, -0.2) is 7.11 Å². The fourth-order valence-corrected chi connectivity index (χ4v) is 2.17. The molecular formula is C16H17F2NO. The highest BCUT2D eigenvalue weighted by atomic mass is 19.2. The minimum atomic E-state index is -0.856. The summed E-state index contributed by atoms with van der Waals surface area (Å²) in [7, 11) is 1.58. The van der Waals surface area contributed by atoms with Crippen LogP contribution in [-0.2, 0) is 6.42 Å². The van der Waals surface area contributed by atoms with Gasteiger partial charge < -0.3 is 10.5 Å². The van der Waals surface area contributed by atoms with Gasteiger partial charge in [0.05, 0.1) is 7.11 Å². The van der Waals surface area contributed by atoms with Crippen molar-refractivity contribution in [3.8, 4) is 5.75 Å². The molecule has 0 aromatic heterocycles. The van der Waals surface area contributed by atoms with Gasteiger partial charge in [0, 0.05) is 11.6 Å². The number of benzene rings is 2. The zero-order valence-electron chi connectivity index (χ0n) is 11.5. The number of ether oxygens (including phenoxy) is 1. The van der Waals surface area contributed by atoms with E-state index in [-0.39, 0.29) is 6.04 Å². The zero-order chi connectivity index (χ0) is 14.7. The van der Waals surface area contributed by atoms with E-state index in [1.165, 1.54) is 6.07 Å². The van der Waals surface area contributed by atoms with Gasteiger partial charge in [-0.25, -0.2) is 8.78 Å². The summed E-state index contributed by atoms with van der Waals surface area (Å²) in [6, 6.07) is 9.24. The van der Waals surface area contributed by atoms with E-state index >= 15 is 0 Å². The molecule has 0 aliphatic rings. The van der Waals surface area contributed by atoms with Crippen LogP contribution in [0.15, 0.2) is 36.4 Å². The van der Waals surface area contributed by atoms with E-state index in [4.69, 9.17) is 10.5 Å². The molecule has 0 fully saturated rings. The first-order chi connectivity index (χ1) is 9.51. The Bertz CT molecular complexity index is 613. The molecule has 2 nitrogen and oxygen atoms in total. The van der Waals surface area contributed by atoms with Gasteiger partial charge in [-0.3, -0.25) is 0 Å². The Morgan fingerprint density at radius 3 is 2.50 bits per heavy atom. The van der Waals surface area contributed by atoms with E-state index in [0.717, 1.165) is 17.2 Å². The normalized spacial score (nSPS) is 12.2. The van der Waals surface area contributed by atoms with Crippen molar-refractivity contribution in [2.75, 3.05) is 7.11 Å². The van der Waals surface area contributed by atoms with E-state index < -0.39 is 11.6 Å². The molecule has 0 bridgehead atoms. The molecule has 0 aliphatic carbocycles. The van der Waals surface area contributed by atoms with Gasteiger partial charge in [-0.05, 0) is 37.1 Å². The standard InChI is InChI=1S/C16H17F2NO/c1-10-3-6-16(20-2)12(7-10)15(19)9-11-4-5-13(17)14(18)8-11/h3-8,15H,9,19H2,1-2H3. The number of hydrogen-bond acceptors (Lipinski definition) is 2. The first-order valence-corrected chi connectivity index (χ1v) is 6.35. The Kier molecular flexibility index (Phi) is 4.35. The summed E-state index contributed by atoms with van der Waals surface area (Å²) in [5, 5.41) is 0. The smallest absolute Gasteiger partial charge is 0.159 e. The third kappa shape index (κ3) is 3.14. The molecule has 0 saturated heterocycles. The van der Waals surface area contributed by atoms with E-state index in [0.29, 0.717) is 17.7 Å². The molecule has 0 heterocycles. The highest BCUT2D eigenvalue weighted by Gasteiger charge is 2.14. The quantitative estimate of drug-likeness (QED) is 0.928. The second kappa shape index (κ2) is 6.01. The lowest BCUT2D eigenvalue weighted by Crippen LogP contribution is -2.15. The van der Waals surface area contributed by atoms with Crippen molar-refractivity contribution < 1.29 is 13.5 Å². The van der Waals surface area contributed by atoms with Crippen LogP contribution in [0.5, 0.6) is 5.75 Å². The first-order valence-electron chi connectivity index (χ1n) is 6.35. The topological polar surface area (TPSA) is 35.2 Å². The molecule has 0 amide bonds. The lowest BCUT2D eigenvalue weighted by Gasteiger charge is -2.16. The number of halogens is 2. The predicted molar refractivity (Wildman–Crippen MR) is 74.7 cm³/mol. The predicted octanol–water partition coefficient (Wildman–Crippen LogP) is 3.52. The highest BCUT2D eigenvalue weighted by molar-refractivity contribution is 5.39. The fraction of sp³-hybridized carbons (Fsp3) is 0.250. The summed E-state index contributed by atoms with van der Waals surface area (Å²) in [5.41, 5.74) is 8.75. The molecule has 106 valence electrons. The third-order valence-electron chi connectivity index (χ3n) is 3.22. The van der Waals surface area contributed by atoms with Crippen molar-refractivity contribution in [2.45, 2.75) is 19.4 Å². The Hall–Kier alpha value is -1.94.